The number of aromatic nitrogens is 3. The van der Waals surface area contributed by atoms with Crippen LogP contribution in [0.15, 0.2) is 36.7 Å². The van der Waals surface area contributed by atoms with Gasteiger partial charge in [0.05, 0.1) is 12.0 Å². The fourth-order valence-corrected chi connectivity index (χ4v) is 4.67. The second-order valence-electron chi connectivity index (χ2n) is 9.26. The highest BCUT2D eigenvalue weighted by molar-refractivity contribution is 5.88. The molecule has 8 heteroatoms. The number of fused-ring (bicyclic) bond motifs is 1. The number of carbonyl (C=O) groups excluding carboxylic acids is 1. The summed E-state index contributed by atoms with van der Waals surface area (Å²) >= 11 is 0. The lowest BCUT2D eigenvalue weighted by Gasteiger charge is -2.24. The van der Waals surface area contributed by atoms with Gasteiger partial charge in [-0.15, -0.1) is 0 Å². The van der Waals surface area contributed by atoms with Crippen molar-refractivity contribution in [1.29, 1.82) is 0 Å². The number of unbranched alkanes of at least 4 members (excludes halogenated alkanes) is 4. The molecule has 182 valence electrons. The summed E-state index contributed by atoms with van der Waals surface area (Å²) in [6, 6.07) is 11.1. The Balaban J connectivity index is 1.27. The minimum Gasteiger partial charge on any atom is -0.380 e. The number of aryl methyl sites for hydroxylation is 1. The number of hydroxylamine groups is 1. The maximum Gasteiger partial charge on any atom is 0.243 e. The van der Waals surface area contributed by atoms with E-state index in [1.807, 2.05) is 0 Å². The third-order valence-corrected chi connectivity index (χ3v) is 6.58. The van der Waals surface area contributed by atoms with Crippen LogP contribution in [-0.2, 0) is 11.2 Å². The summed E-state index contributed by atoms with van der Waals surface area (Å²) in [5, 5.41) is 15.6. The molecule has 0 spiro atoms. The molecule has 34 heavy (non-hydrogen) atoms. The van der Waals surface area contributed by atoms with Gasteiger partial charge in [-0.3, -0.25) is 10.0 Å². The van der Waals surface area contributed by atoms with Crippen LogP contribution >= 0.6 is 0 Å². The molecule has 1 aliphatic carbocycles. The number of hydrogen-bond acceptors (Lipinski definition) is 6. The number of rotatable bonds is 12. The molecule has 0 radical (unpaired) electrons. The molecule has 1 saturated carbocycles. The Morgan fingerprint density at radius 1 is 1.03 bits per heavy atom. The summed E-state index contributed by atoms with van der Waals surface area (Å²) in [4.78, 5) is 23.3. The van der Waals surface area contributed by atoms with Crippen molar-refractivity contribution in [2.75, 3.05) is 10.6 Å². The first kappa shape index (κ1) is 24.0. The number of anilines is 3. The van der Waals surface area contributed by atoms with E-state index in [4.69, 9.17) is 5.21 Å². The Labute approximate surface area is 200 Å². The zero-order valence-corrected chi connectivity index (χ0v) is 19.8. The monoisotopic (exact) mass is 464 g/mol. The van der Waals surface area contributed by atoms with Crippen molar-refractivity contribution in [1.82, 2.24) is 20.4 Å². The number of nitrogens with zero attached hydrogens (tertiary/aromatic N) is 2. The molecule has 5 N–H and O–H groups in total. The molecule has 8 nitrogen and oxygen atoms in total. The number of amides is 1. The second-order valence-corrected chi connectivity index (χ2v) is 9.26. The lowest BCUT2D eigenvalue weighted by Crippen LogP contribution is -2.22. The van der Waals surface area contributed by atoms with Crippen molar-refractivity contribution < 1.29 is 10.0 Å². The van der Waals surface area contributed by atoms with Crippen molar-refractivity contribution in [3.8, 4) is 0 Å². The number of pyridine rings is 1. The summed E-state index contributed by atoms with van der Waals surface area (Å²) in [6.45, 7) is 0. The molecule has 1 amide bonds. The van der Waals surface area contributed by atoms with Gasteiger partial charge in [-0.2, -0.15) is 0 Å². The third kappa shape index (κ3) is 6.93. The van der Waals surface area contributed by atoms with Crippen molar-refractivity contribution in [3.63, 3.8) is 0 Å². The number of aromatic amines is 1. The lowest BCUT2D eigenvalue weighted by atomic mass is 9.95. The molecule has 1 aromatic carbocycles. The normalized spacial score (nSPS) is 14.3. The maximum absolute atomic E-state index is 11.0. The van der Waals surface area contributed by atoms with Crippen LogP contribution in [0.2, 0.25) is 0 Å². The van der Waals surface area contributed by atoms with Gasteiger partial charge in [0.1, 0.15) is 11.3 Å². The number of benzene rings is 1. The molecule has 4 rings (SSSR count). The number of hydrogen-bond donors (Lipinski definition) is 5. The van der Waals surface area contributed by atoms with Crippen LogP contribution in [-0.4, -0.2) is 32.1 Å². The van der Waals surface area contributed by atoms with Crippen LogP contribution < -0.4 is 16.1 Å². The molecule has 2 aromatic heterocycles. The summed E-state index contributed by atoms with van der Waals surface area (Å²) in [5.74, 6) is 0.491. The molecule has 0 bridgehead atoms. The Morgan fingerprint density at radius 3 is 2.59 bits per heavy atom. The molecule has 3 aromatic rings. The van der Waals surface area contributed by atoms with Gasteiger partial charge in [0.2, 0.25) is 5.91 Å². The van der Waals surface area contributed by atoms with Crippen LogP contribution in [0.25, 0.3) is 11.2 Å². The van der Waals surface area contributed by atoms with E-state index in [0.717, 1.165) is 66.9 Å². The molecule has 0 aliphatic heterocycles. The maximum atomic E-state index is 11.0. The largest absolute Gasteiger partial charge is 0.380 e. The van der Waals surface area contributed by atoms with Crippen molar-refractivity contribution in [2.24, 2.45) is 0 Å². The van der Waals surface area contributed by atoms with Crippen molar-refractivity contribution in [2.45, 2.75) is 83.1 Å². The van der Waals surface area contributed by atoms with Gasteiger partial charge in [0, 0.05) is 24.2 Å². The fourth-order valence-electron chi connectivity index (χ4n) is 4.67. The lowest BCUT2D eigenvalue weighted by molar-refractivity contribution is -0.129. The molecular formula is C26H36N6O2. The summed E-state index contributed by atoms with van der Waals surface area (Å²) in [7, 11) is 0. The predicted molar refractivity (Wildman–Crippen MR) is 135 cm³/mol. The van der Waals surface area contributed by atoms with E-state index in [0.29, 0.717) is 12.5 Å². The van der Waals surface area contributed by atoms with E-state index >= 15 is 0 Å². The summed E-state index contributed by atoms with van der Waals surface area (Å²) in [6.07, 6.45) is 14.7. The highest BCUT2D eigenvalue weighted by atomic mass is 16.5. The molecular weight excluding hydrogens is 428 g/mol. The standard InChI is InChI=1S/C26H36N6O2/c33-24(32-34)12-8-3-1-2-5-9-19-13-15-21(16-14-19)30-23-17-22(25-26(31-23)28-18-27-25)29-20-10-6-4-7-11-20/h13-18,20,34H,1-12H2,(H,32,33)(H3,27,28,29,30,31). The Hall–Kier alpha value is -3.13. The minimum absolute atomic E-state index is 0.301. The van der Waals surface area contributed by atoms with Gasteiger partial charge < -0.3 is 15.6 Å². The molecule has 1 fully saturated rings. The van der Waals surface area contributed by atoms with E-state index < -0.39 is 0 Å². The van der Waals surface area contributed by atoms with Gasteiger partial charge in [-0.25, -0.2) is 15.4 Å². The highest BCUT2D eigenvalue weighted by Gasteiger charge is 2.16. The third-order valence-electron chi connectivity index (χ3n) is 6.58. The van der Waals surface area contributed by atoms with Gasteiger partial charge in [0.15, 0.2) is 5.65 Å². The van der Waals surface area contributed by atoms with Gasteiger partial charge >= 0.3 is 0 Å². The van der Waals surface area contributed by atoms with Crippen LogP contribution in [0.3, 0.4) is 0 Å². The average molecular weight is 465 g/mol. The predicted octanol–water partition coefficient (Wildman–Crippen LogP) is 5.83. The number of H-pyrrole nitrogens is 1. The quantitative estimate of drug-likeness (QED) is 0.131. The number of carbonyl (C=O) groups is 1. The minimum atomic E-state index is -0.301. The van der Waals surface area contributed by atoms with E-state index in [-0.39, 0.29) is 5.91 Å². The van der Waals surface area contributed by atoms with E-state index in [1.165, 1.54) is 37.7 Å². The van der Waals surface area contributed by atoms with Gasteiger partial charge in [-0.1, -0.05) is 50.7 Å². The number of nitrogens with one attached hydrogen (secondary N) is 4. The van der Waals surface area contributed by atoms with E-state index in [9.17, 15) is 4.79 Å². The summed E-state index contributed by atoms with van der Waals surface area (Å²) in [5.41, 5.74) is 6.75. The molecule has 1 aliphatic rings. The van der Waals surface area contributed by atoms with Crippen molar-refractivity contribution >= 4 is 34.3 Å². The summed E-state index contributed by atoms with van der Waals surface area (Å²) < 4.78 is 0. The molecule has 0 unspecified atom stereocenters. The average Bonchev–Trinajstić information content (AvgIpc) is 3.34. The van der Waals surface area contributed by atoms with Gasteiger partial charge in [-0.05, 0) is 49.8 Å². The van der Waals surface area contributed by atoms with E-state index in [1.54, 1.807) is 11.8 Å². The number of imidazole rings is 1. The Morgan fingerprint density at radius 2 is 1.79 bits per heavy atom. The van der Waals surface area contributed by atoms with Crippen LogP contribution in [0.4, 0.5) is 17.2 Å². The van der Waals surface area contributed by atoms with Crippen LogP contribution in [0.1, 0.15) is 76.2 Å². The molecule has 0 atom stereocenters. The zero-order chi connectivity index (χ0) is 23.6. The van der Waals surface area contributed by atoms with Crippen LogP contribution in [0.5, 0.6) is 0 Å². The SMILES string of the molecule is O=C(CCCCCCCc1ccc(Nc2cc(NC3CCCCC3)c3[nH]cnc3n2)cc1)NO. The second kappa shape index (κ2) is 12.4. The fraction of sp³-hybridized carbons (Fsp3) is 0.500. The van der Waals surface area contributed by atoms with Gasteiger partial charge in [0.25, 0.3) is 0 Å². The topological polar surface area (TPSA) is 115 Å². The first-order chi connectivity index (χ1) is 16.7. The van der Waals surface area contributed by atoms with Crippen LogP contribution in [0, 0.1) is 0 Å². The van der Waals surface area contributed by atoms with E-state index in [2.05, 4.69) is 55.9 Å². The Bertz CT molecular complexity index is 1040. The zero-order valence-electron chi connectivity index (χ0n) is 19.8. The molecule has 0 saturated heterocycles. The highest BCUT2D eigenvalue weighted by Crippen LogP contribution is 2.28. The smallest absolute Gasteiger partial charge is 0.243 e. The Kier molecular flexibility index (Phi) is 8.73. The molecule has 2 heterocycles. The first-order valence-corrected chi connectivity index (χ1v) is 12.6. The first-order valence-electron chi connectivity index (χ1n) is 12.6. The van der Waals surface area contributed by atoms with Crippen molar-refractivity contribution in [3.05, 3.63) is 42.2 Å².